The minimum absolute atomic E-state index is 0.296. The Morgan fingerprint density at radius 3 is 2.53 bits per heavy atom. The Balaban J connectivity index is 1.45. The number of carbonyl (C=O) groups excluding carboxylic acids is 2. The Hall–Kier alpha value is -3.98. The van der Waals surface area contributed by atoms with Crippen molar-refractivity contribution in [3.8, 4) is 17.3 Å². The number of halogens is 1. The van der Waals surface area contributed by atoms with Gasteiger partial charge >= 0.3 is 0 Å². The summed E-state index contributed by atoms with van der Waals surface area (Å²) in [5.41, 5.74) is 8.15. The summed E-state index contributed by atoms with van der Waals surface area (Å²) < 4.78 is 8.31. The molecule has 0 fully saturated rings. The zero-order chi connectivity index (χ0) is 22.7. The second-order valence-electron chi connectivity index (χ2n) is 6.87. The molecule has 0 saturated carbocycles. The molecule has 2 amide bonds. The van der Waals surface area contributed by atoms with Crippen LogP contribution in [0.2, 0.25) is 0 Å². The van der Waals surface area contributed by atoms with Gasteiger partial charge in [-0.3, -0.25) is 9.59 Å². The average Bonchev–Trinajstić information content (AvgIpc) is 3.17. The summed E-state index contributed by atoms with van der Waals surface area (Å²) in [4.78, 5) is 28.2. The summed E-state index contributed by atoms with van der Waals surface area (Å²) in [6.45, 7) is 1.83. The molecule has 0 aliphatic carbocycles. The number of anilines is 1. The highest BCUT2D eigenvalue weighted by Gasteiger charge is 2.16. The molecule has 0 saturated heterocycles. The van der Waals surface area contributed by atoms with E-state index >= 15 is 0 Å². The molecule has 4 aromatic rings. The van der Waals surface area contributed by atoms with Gasteiger partial charge in [-0.1, -0.05) is 22.0 Å². The lowest BCUT2D eigenvalue weighted by Crippen LogP contribution is -2.13. The summed E-state index contributed by atoms with van der Waals surface area (Å²) in [7, 11) is 0. The highest BCUT2D eigenvalue weighted by Crippen LogP contribution is 2.22. The van der Waals surface area contributed by atoms with Crippen LogP contribution in [0, 0.1) is 6.92 Å². The number of nitrogens with one attached hydrogen (secondary N) is 1. The predicted molar refractivity (Wildman–Crippen MR) is 123 cm³/mol. The first-order valence-electron chi connectivity index (χ1n) is 9.56. The maximum absolute atomic E-state index is 12.7. The van der Waals surface area contributed by atoms with Crippen molar-refractivity contribution >= 4 is 33.4 Å². The van der Waals surface area contributed by atoms with Crippen LogP contribution in [-0.4, -0.2) is 26.6 Å². The van der Waals surface area contributed by atoms with E-state index in [2.05, 4.69) is 31.3 Å². The molecule has 160 valence electrons. The number of aromatic nitrogens is 3. The molecule has 0 aliphatic heterocycles. The van der Waals surface area contributed by atoms with Crippen LogP contribution in [-0.2, 0) is 0 Å². The van der Waals surface area contributed by atoms with Crippen molar-refractivity contribution in [3.05, 3.63) is 94.4 Å². The number of hydrogen-bond donors (Lipinski definition) is 2. The smallest absolute Gasteiger partial charge is 0.259 e. The molecule has 0 spiro atoms. The number of carbonyl (C=O) groups is 2. The van der Waals surface area contributed by atoms with Crippen LogP contribution >= 0.6 is 15.9 Å². The van der Waals surface area contributed by atoms with Crippen LogP contribution in [0.3, 0.4) is 0 Å². The standard InChI is InChI=1S/C23H18BrN5O3/c1-14-20(13-27-29(14)18-8-5-16(24)6-9-18)23(31)28-17-7-10-21(26-12-17)32-19-4-2-3-15(11-19)22(25)30/h2-13H,1H3,(H2,25,30)(H,28,31). The molecule has 0 aliphatic rings. The maximum Gasteiger partial charge on any atom is 0.259 e. The minimum Gasteiger partial charge on any atom is -0.439 e. The number of primary amides is 1. The molecule has 0 atom stereocenters. The van der Waals surface area contributed by atoms with Gasteiger partial charge in [0.1, 0.15) is 5.75 Å². The lowest BCUT2D eigenvalue weighted by atomic mass is 10.2. The van der Waals surface area contributed by atoms with Gasteiger partial charge < -0.3 is 15.8 Å². The normalized spacial score (nSPS) is 10.6. The molecule has 0 unspecified atom stereocenters. The van der Waals surface area contributed by atoms with E-state index < -0.39 is 5.91 Å². The summed E-state index contributed by atoms with van der Waals surface area (Å²) in [5, 5.41) is 7.14. The molecular weight excluding hydrogens is 474 g/mol. The molecule has 0 bridgehead atoms. The van der Waals surface area contributed by atoms with Gasteiger partial charge in [-0.15, -0.1) is 0 Å². The number of amides is 2. The molecule has 9 heteroatoms. The van der Waals surface area contributed by atoms with E-state index in [0.717, 1.165) is 10.2 Å². The molecule has 2 aromatic heterocycles. The number of benzene rings is 2. The summed E-state index contributed by atoms with van der Waals surface area (Å²) >= 11 is 3.41. The Bertz CT molecular complexity index is 1280. The molecule has 8 nitrogen and oxygen atoms in total. The van der Waals surface area contributed by atoms with Gasteiger partial charge in [0.15, 0.2) is 0 Å². The maximum atomic E-state index is 12.7. The zero-order valence-electron chi connectivity index (χ0n) is 16.9. The third-order valence-electron chi connectivity index (χ3n) is 4.66. The third-order valence-corrected chi connectivity index (χ3v) is 5.19. The topological polar surface area (TPSA) is 112 Å². The van der Waals surface area contributed by atoms with Crippen LogP contribution in [0.25, 0.3) is 5.69 Å². The summed E-state index contributed by atoms with van der Waals surface area (Å²) in [5.74, 6) is -0.0962. The number of pyridine rings is 1. The average molecular weight is 492 g/mol. The van der Waals surface area contributed by atoms with E-state index in [1.165, 1.54) is 18.5 Å². The largest absolute Gasteiger partial charge is 0.439 e. The van der Waals surface area contributed by atoms with Crippen LogP contribution in [0.5, 0.6) is 11.6 Å². The number of nitrogens with two attached hydrogens (primary N) is 1. The van der Waals surface area contributed by atoms with Crippen molar-refractivity contribution in [3.63, 3.8) is 0 Å². The fourth-order valence-electron chi connectivity index (χ4n) is 3.02. The molecule has 3 N–H and O–H groups in total. The summed E-state index contributed by atoms with van der Waals surface area (Å²) in [6, 6.07) is 17.4. The lowest BCUT2D eigenvalue weighted by molar-refractivity contribution is 0.0997. The van der Waals surface area contributed by atoms with Gasteiger partial charge in [-0.05, 0) is 55.5 Å². The summed E-state index contributed by atoms with van der Waals surface area (Å²) in [6.07, 6.45) is 3.02. The van der Waals surface area contributed by atoms with Gasteiger partial charge in [0.2, 0.25) is 11.8 Å². The fraction of sp³-hybridized carbons (Fsp3) is 0.0435. The Morgan fingerprint density at radius 1 is 1.06 bits per heavy atom. The van der Waals surface area contributed by atoms with Gasteiger partial charge in [0, 0.05) is 16.1 Å². The number of hydrogen-bond acceptors (Lipinski definition) is 5. The van der Waals surface area contributed by atoms with Gasteiger partial charge in [-0.25, -0.2) is 9.67 Å². The Kier molecular flexibility index (Phi) is 6.00. The van der Waals surface area contributed by atoms with Crippen molar-refractivity contribution in [2.24, 2.45) is 5.73 Å². The van der Waals surface area contributed by atoms with Crippen molar-refractivity contribution in [1.82, 2.24) is 14.8 Å². The van der Waals surface area contributed by atoms with E-state index in [-0.39, 0.29) is 5.91 Å². The Labute approximate surface area is 192 Å². The Morgan fingerprint density at radius 2 is 1.84 bits per heavy atom. The van der Waals surface area contributed by atoms with Gasteiger partial charge in [-0.2, -0.15) is 5.10 Å². The van der Waals surface area contributed by atoms with Crippen molar-refractivity contribution in [1.29, 1.82) is 0 Å². The van der Waals surface area contributed by atoms with Crippen molar-refractivity contribution in [2.45, 2.75) is 6.92 Å². The zero-order valence-corrected chi connectivity index (χ0v) is 18.5. The van der Waals surface area contributed by atoms with Gasteiger partial charge in [0.25, 0.3) is 5.91 Å². The molecular formula is C23H18BrN5O3. The van der Waals surface area contributed by atoms with Crippen LogP contribution in [0.1, 0.15) is 26.4 Å². The first-order valence-corrected chi connectivity index (χ1v) is 10.4. The van der Waals surface area contributed by atoms with E-state index in [9.17, 15) is 9.59 Å². The highest BCUT2D eigenvalue weighted by molar-refractivity contribution is 9.10. The van der Waals surface area contributed by atoms with Crippen molar-refractivity contribution < 1.29 is 14.3 Å². The van der Waals surface area contributed by atoms with E-state index in [1.54, 1.807) is 35.0 Å². The molecule has 2 aromatic carbocycles. The first kappa shape index (κ1) is 21.3. The quantitative estimate of drug-likeness (QED) is 0.412. The van der Waals surface area contributed by atoms with Crippen LogP contribution in [0.15, 0.2) is 77.5 Å². The SMILES string of the molecule is Cc1c(C(=O)Nc2ccc(Oc3cccc(C(N)=O)c3)nc2)cnn1-c1ccc(Br)cc1. The van der Waals surface area contributed by atoms with E-state index in [4.69, 9.17) is 10.5 Å². The lowest BCUT2D eigenvalue weighted by Gasteiger charge is -2.08. The van der Waals surface area contributed by atoms with Crippen LogP contribution in [0.4, 0.5) is 5.69 Å². The number of ether oxygens (including phenoxy) is 1. The molecule has 2 heterocycles. The van der Waals surface area contributed by atoms with Gasteiger partial charge in [0.05, 0.1) is 35.0 Å². The molecule has 4 rings (SSSR count). The predicted octanol–water partition coefficient (Wildman–Crippen LogP) is 4.48. The van der Waals surface area contributed by atoms with Crippen LogP contribution < -0.4 is 15.8 Å². The second kappa shape index (κ2) is 9.03. The van der Waals surface area contributed by atoms with E-state index in [1.807, 2.05) is 31.2 Å². The third kappa shape index (κ3) is 4.68. The second-order valence-corrected chi connectivity index (χ2v) is 7.78. The monoisotopic (exact) mass is 491 g/mol. The molecule has 0 radical (unpaired) electrons. The van der Waals surface area contributed by atoms with Crippen molar-refractivity contribution in [2.75, 3.05) is 5.32 Å². The molecule has 32 heavy (non-hydrogen) atoms. The number of nitrogens with zero attached hydrogens (tertiary/aromatic N) is 3. The number of rotatable bonds is 6. The van der Waals surface area contributed by atoms with E-state index in [0.29, 0.717) is 34.1 Å². The fourth-order valence-corrected chi connectivity index (χ4v) is 3.29. The minimum atomic E-state index is -0.541. The highest BCUT2D eigenvalue weighted by atomic mass is 79.9. The first-order chi connectivity index (χ1) is 15.4.